The van der Waals surface area contributed by atoms with Crippen molar-refractivity contribution in [3.63, 3.8) is 0 Å². The molecule has 1 N–H and O–H groups in total. The number of aliphatic hydroxyl groups excluding tert-OH is 1. The molecule has 4 rings (SSSR count). The lowest BCUT2D eigenvalue weighted by Gasteiger charge is -2.71. The largest absolute Gasteiger partial charge is 0.394 e. The molecule has 6 heteroatoms. The van der Waals surface area contributed by atoms with Gasteiger partial charge in [-0.1, -0.05) is 30.3 Å². The van der Waals surface area contributed by atoms with Crippen LogP contribution in [0.4, 0.5) is 0 Å². The molecule has 154 valence electrons. The summed E-state index contributed by atoms with van der Waals surface area (Å²) in [5, 5.41) is 10.1. The summed E-state index contributed by atoms with van der Waals surface area (Å²) >= 11 is 0. The standard InChI is InChI=1S/C22H33N3O3/c1-23(2)13-20(27)25-19(14-26)21(18-6-4-3-5-7-18)22(25)15-24(16-22)12-17-8-10-28-11-9-17/h3-7,17,19,21,26H,8-16H2,1-2H3/t19-,21-/m1/s1. The van der Waals surface area contributed by atoms with Gasteiger partial charge >= 0.3 is 0 Å². The molecule has 0 saturated carbocycles. The van der Waals surface area contributed by atoms with E-state index in [1.54, 1.807) is 0 Å². The number of nitrogens with zero attached hydrogens (tertiary/aromatic N) is 3. The molecule has 1 amide bonds. The zero-order chi connectivity index (χ0) is 19.7. The maximum Gasteiger partial charge on any atom is 0.237 e. The number of benzene rings is 1. The van der Waals surface area contributed by atoms with Gasteiger partial charge in [0.05, 0.1) is 24.7 Å². The van der Waals surface area contributed by atoms with Crippen molar-refractivity contribution < 1.29 is 14.6 Å². The van der Waals surface area contributed by atoms with E-state index in [4.69, 9.17) is 4.74 Å². The third-order valence-corrected chi connectivity index (χ3v) is 6.69. The Morgan fingerprint density at radius 1 is 1.21 bits per heavy atom. The van der Waals surface area contributed by atoms with Gasteiger partial charge in [0.25, 0.3) is 0 Å². The van der Waals surface area contributed by atoms with E-state index in [-0.39, 0.29) is 30.0 Å². The highest BCUT2D eigenvalue weighted by molar-refractivity contribution is 5.82. The third kappa shape index (κ3) is 3.47. The Labute approximate surface area is 168 Å². The number of rotatable bonds is 6. The van der Waals surface area contributed by atoms with Crippen LogP contribution in [0, 0.1) is 5.92 Å². The van der Waals surface area contributed by atoms with Crippen LogP contribution in [-0.2, 0) is 9.53 Å². The molecule has 0 radical (unpaired) electrons. The van der Waals surface area contributed by atoms with Crippen LogP contribution in [-0.4, -0.2) is 97.4 Å². The number of likely N-dealkylation sites (N-methyl/N-ethyl adjacent to an activating group) is 1. The van der Waals surface area contributed by atoms with Crippen molar-refractivity contribution in [1.29, 1.82) is 0 Å². The SMILES string of the molecule is CN(C)CC(=O)N1[C@H](CO)[C@@H](c2ccccc2)C12CN(CC1CCOCC1)C2. The lowest BCUT2D eigenvalue weighted by atomic mass is 9.60. The number of amides is 1. The number of ether oxygens (including phenoxy) is 1. The van der Waals surface area contributed by atoms with Crippen molar-refractivity contribution in [2.45, 2.75) is 30.3 Å². The van der Waals surface area contributed by atoms with Gasteiger partial charge in [0.2, 0.25) is 5.91 Å². The predicted octanol–water partition coefficient (Wildman–Crippen LogP) is 1.02. The van der Waals surface area contributed by atoms with Gasteiger partial charge in [0, 0.05) is 38.8 Å². The number of likely N-dealkylation sites (tertiary alicyclic amines) is 2. The Morgan fingerprint density at radius 3 is 2.50 bits per heavy atom. The summed E-state index contributed by atoms with van der Waals surface area (Å²) in [6.45, 7) is 5.04. The van der Waals surface area contributed by atoms with Crippen LogP contribution in [0.25, 0.3) is 0 Å². The smallest absolute Gasteiger partial charge is 0.237 e. The van der Waals surface area contributed by atoms with Crippen LogP contribution in [0.1, 0.15) is 24.3 Å². The van der Waals surface area contributed by atoms with Crippen LogP contribution in [0.2, 0.25) is 0 Å². The second kappa shape index (κ2) is 8.11. The average Bonchev–Trinajstić information content (AvgIpc) is 2.64. The first-order valence-corrected chi connectivity index (χ1v) is 10.5. The summed E-state index contributed by atoms with van der Waals surface area (Å²) in [4.78, 5) is 19.4. The van der Waals surface area contributed by atoms with E-state index in [2.05, 4.69) is 29.2 Å². The Kier molecular flexibility index (Phi) is 5.74. The first-order valence-electron chi connectivity index (χ1n) is 10.5. The van der Waals surface area contributed by atoms with Gasteiger partial charge in [0.15, 0.2) is 0 Å². The van der Waals surface area contributed by atoms with Crippen molar-refractivity contribution in [1.82, 2.24) is 14.7 Å². The fraction of sp³-hybridized carbons (Fsp3) is 0.682. The average molecular weight is 388 g/mol. The normalized spacial score (nSPS) is 27.6. The topological polar surface area (TPSA) is 56.2 Å². The molecule has 1 aromatic carbocycles. The zero-order valence-corrected chi connectivity index (χ0v) is 17.1. The van der Waals surface area contributed by atoms with E-state index in [9.17, 15) is 9.90 Å². The highest BCUT2D eigenvalue weighted by atomic mass is 16.5. The summed E-state index contributed by atoms with van der Waals surface area (Å²) in [5.41, 5.74) is 1.06. The second-order valence-corrected chi connectivity index (χ2v) is 8.97. The monoisotopic (exact) mass is 387 g/mol. The quantitative estimate of drug-likeness (QED) is 0.790. The molecular formula is C22H33N3O3. The van der Waals surface area contributed by atoms with E-state index in [0.29, 0.717) is 12.5 Å². The summed E-state index contributed by atoms with van der Waals surface area (Å²) in [7, 11) is 3.84. The molecule has 0 unspecified atom stereocenters. The van der Waals surface area contributed by atoms with Crippen molar-refractivity contribution >= 4 is 5.91 Å². The number of carbonyl (C=O) groups is 1. The summed E-state index contributed by atoms with van der Waals surface area (Å²) < 4.78 is 5.49. The zero-order valence-electron chi connectivity index (χ0n) is 17.1. The molecule has 3 heterocycles. The lowest BCUT2D eigenvalue weighted by molar-refractivity contribution is -0.202. The summed E-state index contributed by atoms with van der Waals surface area (Å²) in [6, 6.07) is 10.3. The van der Waals surface area contributed by atoms with Crippen LogP contribution >= 0.6 is 0 Å². The minimum Gasteiger partial charge on any atom is -0.394 e. The second-order valence-electron chi connectivity index (χ2n) is 8.97. The Hall–Kier alpha value is -1.47. The number of aliphatic hydroxyl groups is 1. The molecule has 3 fully saturated rings. The van der Waals surface area contributed by atoms with Crippen LogP contribution in [0.5, 0.6) is 0 Å². The molecule has 3 saturated heterocycles. The van der Waals surface area contributed by atoms with E-state index in [1.807, 2.05) is 30.0 Å². The summed E-state index contributed by atoms with van der Waals surface area (Å²) in [5.74, 6) is 1.03. The molecule has 3 aliphatic rings. The van der Waals surface area contributed by atoms with E-state index < -0.39 is 0 Å². The van der Waals surface area contributed by atoms with Gasteiger partial charge in [-0.15, -0.1) is 0 Å². The molecule has 6 nitrogen and oxygen atoms in total. The minimum atomic E-state index is -0.174. The van der Waals surface area contributed by atoms with Crippen LogP contribution < -0.4 is 0 Å². The van der Waals surface area contributed by atoms with Crippen molar-refractivity contribution in [3.05, 3.63) is 35.9 Å². The van der Waals surface area contributed by atoms with Crippen molar-refractivity contribution in [2.75, 3.05) is 60.1 Å². The Balaban J connectivity index is 1.52. The lowest BCUT2D eigenvalue weighted by Crippen LogP contribution is -2.86. The van der Waals surface area contributed by atoms with E-state index >= 15 is 0 Å². The number of carbonyl (C=O) groups excluding carboxylic acids is 1. The van der Waals surface area contributed by atoms with E-state index in [0.717, 1.165) is 45.7 Å². The van der Waals surface area contributed by atoms with Crippen LogP contribution in [0.15, 0.2) is 30.3 Å². The van der Waals surface area contributed by atoms with Gasteiger partial charge in [-0.25, -0.2) is 0 Å². The molecule has 2 atom stereocenters. The van der Waals surface area contributed by atoms with E-state index in [1.165, 1.54) is 5.56 Å². The van der Waals surface area contributed by atoms with Gasteiger partial charge in [-0.3, -0.25) is 9.69 Å². The third-order valence-electron chi connectivity index (χ3n) is 6.69. The molecule has 0 aliphatic carbocycles. The maximum absolute atomic E-state index is 13.0. The fourth-order valence-electron chi connectivity index (χ4n) is 5.57. The fourth-order valence-corrected chi connectivity index (χ4v) is 5.57. The molecule has 1 spiro atoms. The maximum atomic E-state index is 13.0. The van der Waals surface area contributed by atoms with Gasteiger partial charge in [-0.2, -0.15) is 0 Å². The van der Waals surface area contributed by atoms with Gasteiger partial charge in [0.1, 0.15) is 0 Å². The highest BCUT2D eigenvalue weighted by Gasteiger charge is 2.67. The van der Waals surface area contributed by atoms with Crippen molar-refractivity contribution in [2.24, 2.45) is 5.92 Å². The summed E-state index contributed by atoms with van der Waals surface area (Å²) in [6.07, 6.45) is 2.27. The predicted molar refractivity (Wildman–Crippen MR) is 108 cm³/mol. The number of hydrogen-bond donors (Lipinski definition) is 1. The Morgan fingerprint density at radius 2 is 1.89 bits per heavy atom. The van der Waals surface area contributed by atoms with Gasteiger partial charge in [-0.05, 0) is 38.4 Å². The molecular weight excluding hydrogens is 354 g/mol. The van der Waals surface area contributed by atoms with Crippen LogP contribution in [0.3, 0.4) is 0 Å². The van der Waals surface area contributed by atoms with Crippen molar-refractivity contribution in [3.8, 4) is 0 Å². The number of hydrogen-bond acceptors (Lipinski definition) is 5. The Bertz CT molecular complexity index is 669. The molecule has 0 aromatic heterocycles. The first kappa shape index (κ1) is 19.8. The molecule has 1 aromatic rings. The molecule has 28 heavy (non-hydrogen) atoms. The first-order chi connectivity index (χ1) is 13.5. The minimum absolute atomic E-state index is 0.0143. The highest BCUT2D eigenvalue weighted by Crippen LogP contribution is 2.54. The van der Waals surface area contributed by atoms with Gasteiger partial charge < -0.3 is 19.6 Å². The molecule has 3 aliphatic heterocycles. The molecule has 0 bridgehead atoms.